The summed E-state index contributed by atoms with van der Waals surface area (Å²) in [5, 5.41) is 0. The Balaban J connectivity index is 2.88. The van der Waals surface area contributed by atoms with Gasteiger partial charge in [-0.1, -0.05) is 30.4 Å². The first-order valence-electron chi connectivity index (χ1n) is 10.4. The maximum atomic E-state index is 11.2. The van der Waals surface area contributed by atoms with E-state index in [9.17, 15) is 4.79 Å². The third kappa shape index (κ3) is 9.42. The molecule has 30 heavy (non-hydrogen) atoms. The van der Waals surface area contributed by atoms with Crippen LogP contribution in [0.25, 0.3) is 0 Å². The van der Waals surface area contributed by atoms with Gasteiger partial charge in [0.1, 0.15) is 11.9 Å². The Labute approximate surface area is 181 Å². The summed E-state index contributed by atoms with van der Waals surface area (Å²) in [4.78, 5) is 11.2. The van der Waals surface area contributed by atoms with E-state index in [0.29, 0.717) is 18.6 Å². The van der Waals surface area contributed by atoms with E-state index in [1.807, 2.05) is 36.4 Å². The normalized spacial score (nSPS) is 14.3. The Morgan fingerprint density at radius 1 is 1.10 bits per heavy atom. The second kappa shape index (κ2) is 14.6. The highest BCUT2D eigenvalue weighted by atomic mass is 16.5. The molecule has 2 unspecified atom stereocenters. The number of allylic oxidation sites excluding steroid dienone is 3. The molecule has 0 spiro atoms. The lowest BCUT2D eigenvalue weighted by Gasteiger charge is -2.27. The number of methoxy groups -OCH3 is 2. The lowest BCUT2D eigenvalue weighted by molar-refractivity contribution is -0.114. The first-order valence-corrected chi connectivity index (χ1v) is 10.4. The van der Waals surface area contributed by atoms with Crippen LogP contribution in [0.4, 0.5) is 0 Å². The summed E-state index contributed by atoms with van der Waals surface area (Å²) in [7, 11) is 3.35. The molecule has 1 amide bonds. The fourth-order valence-electron chi connectivity index (χ4n) is 3.11. The van der Waals surface area contributed by atoms with Crippen molar-refractivity contribution in [3.63, 3.8) is 0 Å². The van der Waals surface area contributed by atoms with Crippen molar-refractivity contribution < 1.29 is 19.0 Å². The smallest absolute Gasteiger partial charge is 0.244 e. The average Bonchev–Trinajstić information content (AvgIpc) is 2.75. The van der Waals surface area contributed by atoms with Gasteiger partial charge in [0.2, 0.25) is 5.91 Å². The molecule has 0 saturated carbocycles. The Kier molecular flexibility index (Phi) is 12.5. The Hall–Kier alpha value is -2.37. The van der Waals surface area contributed by atoms with Crippen molar-refractivity contribution >= 4 is 5.91 Å². The largest absolute Gasteiger partial charge is 0.497 e. The predicted octanol–water partition coefficient (Wildman–Crippen LogP) is 5.11. The van der Waals surface area contributed by atoms with Gasteiger partial charge >= 0.3 is 0 Å². The Bertz CT molecular complexity index is 706. The highest BCUT2D eigenvalue weighted by molar-refractivity contribution is 5.91. The van der Waals surface area contributed by atoms with Crippen LogP contribution in [-0.2, 0) is 20.9 Å². The lowest BCUT2D eigenvalue weighted by Crippen LogP contribution is -2.32. The molecule has 0 bridgehead atoms. The van der Waals surface area contributed by atoms with Gasteiger partial charge in [-0.15, -0.1) is 6.58 Å². The number of hydrogen-bond donors (Lipinski definition) is 1. The molecule has 0 saturated heterocycles. The number of primary amides is 1. The highest BCUT2D eigenvalue weighted by Gasteiger charge is 2.23. The van der Waals surface area contributed by atoms with Crippen LogP contribution in [0.2, 0.25) is 0 Å². The van der Waals surface area contributed by atoms with Crippen molar-refractivity contribution in [2.45, 2.75) is 64.8 Å². The molecule has 5 nitrogen and oxygen atoms in total. The topological polar surface area (TPSA) is 70.8 Å². The SMILES string of the molecule is C=CCCCC=C(C)C(OCc1ccc(OC)cc1)C(CCC=C(C)C(N)=O)OC. The van der Waals surface area contributed by atoms with E-state index in [0.717, 1.165) is 42.6 Å². The van der Waals surface area contributed by atoms with Crippen molar-refractivity contribution in [2.24, 2.45) is 5.73 Å². The summed E-state index contributed by atoms with van der Waals surface area (Å²) in [5.74, 6) is 0.425. The summed E-state index contributed by atoms with van der Waals surface area (Å²) >= 11 is 0. The maximum absolute atomic E-state index is 11.2. The minimum absolute atomic E-state index is 0.129. The first-order chi connectivity index (χ1) is 14.4. The lowest BCUT2D eigenvalue weighted by atomic mass is 9.99. The van der Waals surface area contributed by atoms with Crippen LogP contribution >= 0.6 is 0 Å². The summed E-state index contributed by atoms with van der Waals surface area (Å²) in [6.07, 6.45) is 10.2. The number of hydrogen-bond acceptors (Lipinski definition) is 4. The fourth-order valence-corrected chi connectivity index (χ4v) is 3.11. The van der Waals surface area contributed by atoms with Crippen molar-refractivity contribution in [1.29, 1.82) is 0 Å². The molecule has 1 rings (SSSR count). The summed E-state index contributed by atoms with van der Waals surface area (Å²) < 4.78 is 17.3. The fraction of sp³-hybridized carbons (Fsp3) is 0.480. The van der Waals surface area contributed by atoms with E-state index in [1.54, 1.807) is 21.1 Å². The number of benzene rings is 1. The zero-order valence-corrected chi connectivity index (χ0v) is 18.9. The molecule has 0 aliphatic carbocycles. The predicted molar refractivity (Wildman–Crippen MR) is 122 cm³/mol. The van der Waals surface area contributed by atoms with Crippen molar-refractivity contribution in [3.05, 3.63) is 65.8 Å². The quantitative estimate of drug-likeness (QED) is 0.245. The molecule has 5 heteroatoms. The van der Waals surface area contributed by atoms with Gasteiger partial charge in [-0.2, -0.15) is 0 Å². The molecular formula is C25H37NO4. The molecule has 0 aromatic heterocycles. The molecule has 0 aliphatic heterocycles. The van der Waals surface area contributed by atoms with Gasteiger partial charge in [0, 0.05) is 12.7 Å². The number of unbranched alkanes of at least 4 members (excludes halogenated alkanes) is 2. The number of rotatable bonds is 15. The van der Waals surface area contributed by atoms with Crippen LogP contribution < -0.4 is 10.5 Å². The van der Waals surface area contributed by atoms with E-state index in [4.69, 9.17) is 19.9 Å². The summed E-state index contributed by atoms with van der Waals surface area (Å²) in [6, 6.07) is 7.85. The monoisotopic (exact) mass is 415 g/mol. The first kappa shape index (κ1) is 25.7. The third-order valence-electron chi connectivity index (χ3n) is 5.05. The van der Waals surface area contributed by atoms with Crippen molar-refractivity contribution in [1.82, 2.24) is 0 Å². The summed E-state index contributed by atoms with van der Waals surface area (Å²) in [6.45, 7) is 8.07. The molecule has 2 atom stereocenters. The minimum atomic E-state index is -0.394. The van der Waals surface area contributed by atoms with Crippen LogP contribution in [0.15, 0.2) is 60.2 Å². The third-order valence-corrected chi connectivity index (χ3v) is 5.05. The molecule has 0 fully saturated rings. The van der Waals surface area contributed by atoms with E-state index in [2.05, 4.69) is 19.6 Å². The van der Waals surface area contributed by atoms with E-state index < -0.39 is 5.91 Å². The van der Waals surface area contributed by atoms with E-state index in [1.165, 1.54) is 0 Å². The van der Waals surface area contributed by atoms with Crippen LogP contribution in [0.5, 0.6) is 5.75 Å². The van der Waals surface area contributed by atoms with Crippen molar-refractivity contribution in [3.8, 4) is 5.75 Å². The van der Waals surface area contributed by atoms with E-state index in [-0.39, 0.29) is 12.2 Å². The van der Waals surface area contributed by atoms with Crippen LogP contribution in [0.3, 0.4) is 0 Å². The van der Waals surface area contributed by atoms with Crippen LogP contribution in [-0.4, -0.2) is 32.3 Å². The maximum Gasteiger partial charge on any atom is 0.244 e. The average molecular weight is 416 g/mol. The molecule has 2 N–H and O–H groups in total. The van der Waals surface area contributed by atoms with Crippen LogP contribution in [0, 0.1) is 0 Å². The van der Waals surface area contributed by atoms with Crippen molar-refractivity contribution in [2.75, 3.05) is 14.2 Å². The molecular weight excluding hydrogens is 378 g/mol. The molecule has 1 aromatic carbocycles. The van der Waals surface area contributed by atoms with Gasteiger partial charge < -0.3 is 19.9 Å². The van der Waals surface area contributed by atoms with Gasteiger partial charge in [0.25, 0.3) is 0 Å². The number of nitrogens with two attached hydrogens (primary N) is 1. The molecule has 0 heterocycles. The molecule has 166 valence electrons. The molecule has 0 radical (unpaired) electrons. The zero-order valence-electron chi connectivity index (χ0n) is 18.9. The van der Waals surface area contributed by atoms with Gasteiger partial charge in [-0.3, -0.25) is 4.79 Å². The van der Waals surface area contributed by atoms with Crippen LogP contribution in [0.1, 0.15) is 51.5 Å². The number of carbonyl (C=O) groups excluding carboxylic acids is 1. The number of amides is 1. The zero-order chi connectivity index (χ0) is 22.4. The van der Waals surface area contributed by atoms with E-state index >= 15 is 0 Å². The summed E-state index contributed by atoms with van der Waals surface area (Å²) in [5.41, 5.74) is 8.10. The highest BCUT2D eigenvalue weighted by Crippen LogP contribution is 2.22. The number of ether oxygens (including phenoxy) is 3. The Morgan fingerprint density at radius 2 is 1.80 bits per heavy atom. The molecule has 0 aliphatic rings. The van der Waals surface area contributed by atoms with Gasteiger partial charge in [-0.25, -0.2) is 0 Å². The minimum Gasteiger partial charge on any atom is -0.497 e. The standard InChI is InChI=1S/C25H37NO4/c1-6-7-8-9-11-19(2)24(23(29-5)13-10-12-20(3)25(26)27)30-18-21-14-16-22(28-4)17-15-21/h6,11-12,14-17,23-24H,1,7-10,13,18H2,2-5H3,(H2,26,27). The second-order valence-electron chi connectivity index (χ2n) is 7.35. The van der Waals surface area contributed by atoms with Gasteiger partial charge in [-0.05, 0) is 69.2 Å². The second-order valence-corrected chi connectivity index (χ2v) is 7.35. The molecule has 1 aromatic rings. The number of carbonyl (C=O) groups is 1. The van der Waals surface area contributed by atoms with Gasteiger partial charge in [0.15, 0.2) is 0 Å². The Morgan fingerprint density at radius 3 is 2.37 bits per heavy atom. The van der Waals surface area contributed by atoms with Gasteiger partial charge in [0.05, 0.1) is 19.8 Å².